The average Bonchev–Trinajstić information content (AvgIpc) is 2.31. The zero-order valence-electron chi connectivity index (χ0n) is 8.77. The minimum Gasteiger partial charge on any atom is -0.383 e. The van der Waals surface area contributed by atoms with Crippen molar-refractivity contribution in [1.82, 2.24) is 9.97 Å². The summed E-state index contributed by atoms with van der Waals surface area (Å²) in [5.74, 6) is 0.377. The second kappa shape index (κ2) is 5.00. The van der Waals surface area contributed by atoms with Crippen molar-refractivity contribution in [2.24, 2.45) is 5.73 Å². The van der Waals surface area contributed by atoms with Crippen molar-refractivity contribution in [2.45, 2.75) is 6.04 Å². The van der Waals surface area contributed by atoms with Gasteiger partial charge in [0.1, 0.15) is 5.82 Å². The molecule has 6 heteroatoms. The van der Waals surface area contributed by atoms with Crippen LogP contribution < -0.4 is 11.5 Å². The van der Waals surface area contributed by atoms with Crippen LogP contribution in [0.2, 0.25) is 5.02 Å². The number of halogens is 2. The van der Waals surface area contributed by atoms with Gasteiger partial charge in [0.25, 0.3) is 0 Å². The van der Waals surface area contributed by atoms with Crippen LogP contribution in [0.15, 0.2) is 35.2 Å². The second-order valence-electron chi connectivity index (χ2n) is 3.54. The summed E-state index contributed by atoms with van der Waals surface area (Å²) in [5.41, 5.74) is 13.4. The van der Waals surface area contributed by atoms with Gasteiger partial charge in [0.2, 0.25) is 0 Å². The molecule has 0 aromatic carbocycles. The predicted molar refractivity (Wildman–Crippen MR) is 71.6 cm³/mol. The van der Waals surface area contributed by atoms with Crippen LogP contribution in [0.5, 0.6) is 0 Å². The van der Waals surface area contributed by atoms with Gasteiger partial charge in [0.05, 0.1) is 11.1 Å². The molecule has 0 aliphatic heterocycles. The summed E-state index contributed by atoms with van der Waals surface area (Å²) in [4.78, 5) is 8.04. The zero-order chi connectivity index (χ0) is 12.4. The van der Waals surface area contributed by atoms with Crippen LogP contribution in [0.1, 0.15) is 17.2 Å². The van der Waals surface area contributed by atoms with Crippen molar-refractivity contribution in [3.63, 3.8) is 0 Å². The van der Waals surface area contributed by atoms with Crippen LogP contribution in [-0.4, -0.2) is 9.97 Å². The maximum atomic E-state index is 6.12. The molecule has 1 atom stereocenters. The smallest absolute Gasteiger partial charge is 0.128 e. The quantitative estimate of drug-likeness (QED) is 0.893. The van der Waals surface area contributed by atoms with E-state index >= 15 is 0 Å². The van der Waals surface area contributed by atoms with Gasteiger partial charge in [-0.25, -0.2) is 4.98 Å². The zero-order valence-corrected chi connectivity index (χ0v) is 11.1. The molecule has 2 aromatic heterocycles. The van der Waals surface area contributed by atoms with Gasteiger partial charge in [-0.2, -0.15) is 0 Å². The molecular weight excluding hydrogens is 304 g/mol. The van der Waals surface area contributed by atoms with Crippen LogP contribution in [0.25, 0.3) is 0 Å². The Bertz CT molecular complexity index is 547. The minimum atomic E-state index is -0.397. The number of hydrogen-bond donors (Lipinski definition) is 2. The molecule has 4 N–H and O–H groups in total. The highest BCUT2D eigenvalue weighted by Gasteiger charge is 2.14. The van der Waals surface area contributed by atoms with Crippen molar-refractivity contribution in [2.75, 3.05) is 5.73 Å². The molecule has 4 nitrogen and oxygen atoms in total. The van der Waals surface area contributed by atoms with Gasteiger partial charge < -0.3 is 11.5 Å². The van der Waals surface area contributed by atoms with Crippen molar-refractivity contribution in [3.8, 4) is 0 Å². The Morgan fingerprint density at radius 1 is 1.24 bits per heavy atom. The van der Waals surface area contributed by atoms with E-state index in [-0.39, 0.29) is 0 Å². The van der Waals surface area contributed by atoms with Crippen LogP contribution >= 0.6 is 27.5 Å². The van der Waals surface area contributed by atoms with Gasteiger partial charge in [0.15, 0.2) is 0 Å². The van der Waals surface area contributed by atoms with E-state index in [1.807, 2.05) is 6.07 Å². The van der Waals surface area contributed by atoms with Crippen LogP contribution in [0.4, 0.5) is 5.82 Å². The first-order valence-corrected chi connectivity index (χ1v) is 6.02. The number of nitrogens with two attached hydrogens (primary N) is 2. The Morgan fingerprint density at radius 3 is 2.71 bits per heavy atom. The lowest BCUT2D eigenvalue weighted by molar-refractivity contribution is 0.858. The van der Waals surface area contributed by atoms with E-state index in [0.29, 0.717) is 16.4 Å². The summed E-state index contributed by atoms with van der Waals surface area (Å²) >= 11 is 9.23. The number of anilines is 1. The Balaban J connectivity index is 2.43. The fraction of sp³-hybridized carbons (Fsp3) is 0.0909. The van der Waals surface area contributed by atoms with E-state index in [2.05, 4.69) is 25.9 Å². The second-order valence-corrected chi connectivity index (χ2v) is 4.89. The summed E-state index contributed by atoms with van der Waals surface area (Å²) < 4.78 is 0.860. The summed E-state index contributed by atoms with van der Waals surface area (Å²) in [6.07, 6.45) is 4.87. The number of pyridine rings is 2. The largest absolute Gasteiger partial charge is 0.383 e. The molecule has 0 amide bonds. The number of nitrogen functional groups attached to an aromatic ring is 1. The van der Waals surface area contributed by atoms with E-state index in [1.165, 1.54) is 6.20 Å². The van der Waals surface area contributed by atoms with Crippen LogP contribution in [0, 0.1) is 0 Å². The highest BCUT2D eigenvalue weighted by atomic mass is 79.9. The molecule has 0 bridgehead atoms. The van der Waals surface area contributed by atoms with Gasteiger partial charge in [0, 0.05) is 28.6 Å². The molecule has 0 saturated heterocycles. The topological polar surface area (TPSA) is 77.8 Å². The first-order valence-electron chi connectivity index (χ1n) is 4.85. The van der Waals surface area contributed by atoms with Gasteiger partial charge in [-0.15, -0.1) is 0 Å². The van der Waals surface area contributed by atoms with Gasteiger partial charge in [-0.1, -0.05) is 11.6 Å². The van der Waals surface area contributed by atoms with Crippen molar-refractivity contribution < 1.29 is 0 Å². The fourth-order valence-corrected chi connectivity index (χ4v) is 2.04. The van der Waals surface area contributed by atoms with Crippen molar-refractivity contribution in [1.29, 1.82) is 0 Å². The molecule has 2 aromatic rings. The summed E-state index contributed by atoms with van der Waals surface area (Å²) in [6.45, 7) is 0. The highest BCUT2D eigenvalue weighted by Crippen LogP contribution is 2.26. The first kappa shape index (κ1) is 12.3. The standard InChI is InChI=1S/C11H10BrClN4/c12-7-1-6(3-16-4-7)10(14)9-2-8(13)5-17-11(9)15/h1-5,10H,14H2,(H2,15,17). The highest BCUT2D eigenvalue weighted by molar-refractivity contribution is 9.10. The van der Waals surface area contributed by atoms with E-state index in [0.717, 1.165) is 10.0 Å². The molecule has 0 aliphatic rings. The third-order valence-electron chi connectivity index (χ3n) is 2.34. The number of aromatic nitrogens is 2. The molecule has 0 fully saturated rings. The number of nitrogens with zero attached hydrogens (tertiary/aromatic N) is 2. The maximum absolute atomic E-state index is 6.12. The lowest BCUT2D eigenvalue weighted by atomic mass is 10.0. The molecule has 0 radical (unpaired) electrons. The lowest BCUT2D eigenvalue weighted by Crippen LogP contribution is -2.15. The van der Waals surface area contributed by atoms with E-state index < -0.39 is 6.04 Å². The maximum Gasteiger partial charge on any atom is 0.128 e. The van der Waals surface area contributed by atoms with Gasteiger partial charge >= 0.3 is 0 Å². The number of hydrogen-bond acceptors (Lipinski definition) is 4. The molecule has 2 heterocycles. The molecule has 0 aliphatic carbocycles. The Labute approximate surface area is 112 Å². The van der Waals surface area contributed by atoms with Crippen LogP contribution in [0.3, 0.4) is 0 Å². The summed E-state index contributed by atoms with van der Waals surface area (Å²) in [5, 5.41) is 0.507. The molecule has 1 unspecified atom stereocenters. The lowest BCUT2D eigenvalue weighted by Gasteiger charge is -2.14. The minimum absolute atomic E-state index is 0.377. The predicted octanol–water partition coefficient (Wildman–Crippen LogP) is 2.52. The first-order chi connectivity index (χ1) is 8.08. The van der Waals surface area contributed by atoms with Crippen molar-refractivity contribution >= 4 is 33.3 Å². The fourth-order valence-electron chi connectivity index (χ4n) is 1.49. The molecule has 17 heavy (non-hydrogen) atoms. The van der Waals surface area contributed by atoms with Gasteiger partial charge in [-0.05, 0) is 33.6 Å². The monoisotopic (exact) mass is 312 g/mol. The summed E-state index contributed by atoms with van der Waals surface area (Å²) in [6, 6.07) is 3.21. The van der Waals surface area contributed by atoms with E-state index in [9.17, 15) is 0 Å². The molecule has 0 spiro atoms. The van der Waals surface area contributed by atoms with Crippen molar-refractivity contribution in [3.05, 3.63) is 51.3 Å². The number of rotatable bonds is 2. The molecule has 88 valence electrons. The van der Waals surface area contributed by atoms with Crippen LogP contribution in [-0.2, 0) is 0 Å². The Morgan fingerprint density at radius 2 is 2.00 bits per heavy atom. The Hall–Kier alpha value is -1.17. The summed E-state index contributed by atoms with van der Waals surface area (Å²) in [7, 11) is 0. The molecular formula is C11H10BrClN4. The third kappa shape index (κ3) is 2.74. The van der Waals surface area contributed by atoms with E-state index in [4.69, 9.17) is 23.1 Å². The molecule has 2 rings (SSSR count). The third-order valence-corrected chi connectivity index (χ3v) is 2.98. The molecule has 0 saturated carbocycles. The Kier molecular flexibility index (Phi) is 3.61. The average molecular weight is 314 g/mol. The van der Waals surface area contributed by atoms with E-state index in [1.54, 1.807) is 18.5 Å². The SMILES string of the molecule is Nc1ncc(Cl)cc1C(N)c1cncc(Br)c1. The van der Waals surface area contributed by atoms with Gasteiger partial charge in [-0.3, -0.25) is 4.98 Å². The normalized spacial score (nSPS) is 12.4.